The summed E-state index contributed by atoms with van der Waals surface area (Å²) in [5.74, 6) is 1.57. The number of nitrogens with zero attached hydrogens (tertiary/aromatic N) is 3. The minimum Gasteiger partial charge on any atom is -0.370 e. The average Bonchev–Trinajstić information content (AvgIpc) is 2.75. The predicted molar refractivity (Wildman–Crippen MR) is 76.4 cm³/mol. The number of rotatable bonds is 6. The summed E-state index contributed by atoms with van der Waals surface area (Å²) >= 11 is 1.48. The fourth-order valence-corrected chi connectivity index (χ4v) is 2.34. The van der Waals surface area contributed by atoms with Crippen LogP contribution in [-0.2, 0) is 12.8 Å². The fraction of sp³-hybridized carbons (Fsp3) is 0.417. The molecule has 2 N–H and O–H groups in total. The first kappa shape index (κ1) is 13.7. The van der Waals surface area contributed by atoms with Crippen LogP contribution in [0, 0.1) is 0 Å². The Balaban J connectivity index is 1.99. The second kappa shape index (κ2) is 6.42. The quantitative estimate of drug-likeness (QED) is 0.786. The van der Waals surface area contributed by atoms with E-state index in [2.05, 4.69) is 27.4 Å². The largest absolute Gasteiger partial charge is 0.370 e. The molecule has 2 rings (SSSR count). The van der Waals surface area contributed by atoms with Crippen molar-refractivity contribution in [3.05, 3.63) is 34.4 Å². The standard InChI is InChI=1S/C12H17N5OS/c1-3-7-13-10-6-4-5-9(14-10)8-19-12-16-15-11(18)17(12)2/h4-6H,3,7-8H2,1-2H3,(H,13,14)(H,15,18). The molecule has 0 fully saturated rings. The fourth-order valence-electron chi connectivity index (χ4n) is 1.51. The smallest absolute Gasteiger partial charge is 0.343 e. The van der Waals surface area contributed by atoms with E-state index in [9.17, 15) is 4.79 Å². The number of aromatic amines is 1. The molecule has 0 saturated heterocycles. The molecule has 0 aliphatic carbocycles. The first-order valence-corrected chi connectivity index (χ1v) is 7.13. The number of hydrogen-bond acceptors (Lipinski definition) is 5. The molecule has 0 amide bonds. The zero-order valence-electron chi connectivity index (χ0n) is 11.0. The van der Waals surface area contributed by atoms with Gasteiger partial charge in [0.05, 0.1) is 5.69 Å². The van der Waals surface area contributed by atoms with Crippen LogP contribution in [0.3, 0.4) is 0 Å². The van der Waals surface area contributed by atoms with Crippen molar-refractivity contribution in [2.24, 2.45) is 7.05 Å². The molecule has 0 saturated carbocycles. The highest BCUT2D eigenvalue weighted by atomic mass is 32.2. The predicted octanol–water partition coefficient (Wildman–Crippen LogP) is 1.62. The van der Waals surface area contributed by atoms with Crippen LogP contribution >= 0.6 is 11.8 Å². The first-order valence-electron chi connectivity index (χ1n) is 6.14. The molecule has 0 bridgehead atoms. The van der Waals surface area contributed by atoms with E-state index in [1.165, 1.54) is 16.3 Å². The molecule has 19 heavy (non-hydrogen) atoms. The van der Waals surface area contributed by atoms with E-state index in [-0.39, 0.29) is 5.69 Å². The van der Waals surface area contributed by atoms with E-state index in [0.29, 0.717) is 10.9 Å². The molecule has 0 aliphatic rings. The van der Waals surface area contributed by atoms with Gasteiger partial charge in [0.2, 0.25) is 0 Å². The van der Waals surface area contributed by atoms with E-state index < -0.39 is 0 Å². The van der Waals surface area contributed by atoms with Gasteiger partial charge in [-0.15, -0.1) is 5.10 Å². The lowest BCUT2D eigenvalue weighted by molar-refractivity contribution is 0.765. The van der Waals surface area contributed by atoms with Crippen LogP contribution in [0.25, 0.3) is 0 Å². The molecule has 0 radical (unpaired) electrons. The van der Waals surface area contributed by atoms with Gasteiger partial charge in [-0.3, -0.25) is 4.57 Å². The second-order valence-corrected chi connectivity index (χ2v) is 5.04. The minimum atomic E-state index is -0.200. The summed E-state index contributed by atoms with van der Waals surface area (Å²) in [5, 5.41) is 10.3. The molecular weight excluding hydrogens is 262 g/mol. The van der Waals surface area contributed by atoms with E-state index >= 15 is 0 Å². The summed E-state index contributed by atoms with van der Waals surface area (Å²) in [4.78, 5) is 15.7. The molecule has 102 valence electrons. The van der Waals surface area contributed by atoms with Gasteiger partial charge >= 0.3 is 5.69 Å². The Labute approximate surface area is 115 Å². The minimum absolute atomic E-state index is 0.200. The average molecular weight is 279 g/mol. The topological polar surface area (TPSA) is 75.6 Å². The highest BCUT2D eigenvalue weighted by Gasteiger charge is 2.06. The van der Waals surface area contributed by atoms with E-state index in [1.54, 1.807) is 7.05 Å². The third-order valence-corrected chi connectivity index (χ3v) is 3.61. The molecule has 0 aromatic carbocycles. The highest BCUT2D eigenvalue weighted by Crippen LogP contribution is 2.18. The van der Waals surface area contributed by atoms with Crippen molar-refractivity contribution in [2.75, 3.05) is 11.9 Å². The second-order valence-electron chi connectivity index (χ2n) is 4.10. The lowest BCUT2D eigenvalue weighted by Gasteiger charge is -2.05. The molecule has 6 nitrogen and oxygen atoms in total. The van der Waals surface area contributed by atoms with Gasteiger partial charge in [-0.2, -0.15) is 0 Å². The maximum absolute atomic E-state index is 11.2. The van der Waals surface area contributed by atoms with Crippen molar-refractivity contribution in [3.8, 4) is 0 Å². The van der Waals surface area contributed by atoms with E-state index in [0.717, 1.165) is 24.5 Å². The number of pyridine rings is 1. The van der Waals surface area contributed by atoms with Crippen molar-refractivity contribution < 1.29 is 0 Å². The molecule has 0 unspecified atom stereocenters. The zero-order valence-corrected chi connectivity index (χ0v) is 11.8. The molecule has 2 heterocycles. The monoisotopic (exact) mass is 279 g/mol. The normalized spacial score (nSPS) is 10.6. The maximum Gasteiger partial charge on any atom is 0.343 e. The number of H-pyrrole nitrogens is 1. The molecular formula is C12H17N5OS. The summed E-state index contributed by atoms with van der Waals surface area (Å²) < 4.78 is 1.49. The Morgan fingerprint density at radius 3 is 3.00 bits per heavy atom. The van der Waals surface area contributed by atoms with Crippen molar-refractivity contribution in [1.29, 1.82) is 0 Å². The zero-order chi connectivity index (χ0) is 13.7. The highest BCUT2D eigenvalue weighted by molar-refractivity contribution is 7.98. The van der Waals surface area contributed by atoms with Crippen LogP contribution in [-0.4, -0.2) is 26.3 Å². The molecule has 0 spiro atoms. The Hall–Kier alpha value is -1.76. The summed E-state index contributed by atoms with van der Waals surface area (Å²) in [6, 6.07) is 5.90. The van der Waals surface area contributed by atoms with Crippen LogP contribution in [0.5, 0.6) is 0 Å². The summed E-state index contributed by atoms with van der Waals surface area (Å²) in [7, 11) is 1.70. The third-order valence-electron chi connectivity index (χ3n) is 2.55. The number of hydrogen-bond donors (Lipinski definition) is 2. The molecule has 0 aliphatic heterocycles. The van der Waals surface area contributed by atoms with Crippen LogP contribution in [0.1, 0.15) is 19.0 Å². The number of anilines is 1. The Kier molecular flexibility index (Phi) is 4.62. The van der Waals surface area contributed by atoms with Gasteiger partial charge in [0.15, 0.2) is 5.16 Å². The van der Waals surface area contributed by atoms with E-state index in [1.807, 2.05) is 18.2 Å². The number of aromatic nitrogens is 4. The summed E-state index contributed by atoms with van der Waals surface area (Å²) in [5.41, 5.74) is 0.760. The van der Waals surface area contributed by atoms with Gasteiger partial charge in [-0.05, 0) is 18.6 Å². The van der Waals surface area contributed by atoms with Gasteiger partial charge in [0.1, 0.15) is 5.82 Å². The molecule has 2 aromatic rings. The Bertz CT molecular complexity index is 592. The SMILES string of the molecule is CCCNc1cccc(CSc2n[nH]c(=O)n2C)n1. The van der Waals surface area contributed by atoms with Gasteiger partial charge in [0.25, 0.3) is 0 Å². The third kappa shape index (κ3) is 3.60. The van der Waals surface area contributed by atoms with Crippen molar-refractivity contribution in [2.45, 2.75) is 24.3 Å². The molecule has 0 atom stereocenters. The van der Waals surface area contributed by atoms with Crippen molar-refractivity contribution >= 4 is 17.6 Å². The Morgan fingerprint density at radius 2 is 2.32 bits per heavy atom. The lowest BCUT2D eigenvalue weighted by Crippen LogP contribution is -2.12. The van der Waals surface area contributed by atoms with Crippen LogP contribution in [0.2, 0.25) is 0 Å². The van der Waals surface area contributed by atoms with Gasteiger partial charge in [0, 0.05) is 19.3 Å². The van der Waals surface area contributed by atoms with Crippen LogP contribution < -0.4 is 11.0 Å². The van der Waals surface area contributed by atoms with Gasteiger partial charge in [-0.1, -0.05) is 24.8 Å². The van der Waals surface area contributed by atoms with Gasteiger partial charge < -0.3 is 5.32 Å². The van der Waals surface area contributed by atoms with Crippen LogP contribution in [0.4, 0.5) is 5.82 Å². The number of thioether (sulfide) groups is 1. The Morgan fingerprint density at radius 1 is 1.47 bits per heavy atom. The number of nitrogens with one attached hydrogen (secondary N) is 2. The molecule has 7 heteroatoms. The summed E-state index contributed by atoms with van der Waals surface area (Å²) in [6.45, 7) is 3.03. The van der Waals surface area contributed by atoms with Crippen LogP contribution in [0.15, 0.2) is 28.2 Å². The first-order chi connectivity index (χ1) is 9.20. The molecule has 2 aromatic heterocycles. The van der Waals surface area contributed by atoms with Gasteiger partial charge in [-0.25, -0.2) is 14.9 Å². The lowest BCUT2D eigenvalue weighted by atomic mass is 10.3. The van der Waals surface area contributed by atoms with Crippen molar-refractivity contribution in [3.63, 3.8) is 0 Å². The van der Waals surface area contributed by atoms with Crippen molar-refractivity contribution in [1.82, 2.24) is 19.7 Å². The van der Waals surface area contributed by atoms with E-state index in [4.69, 9.17) is 0 Å². The summed E-state index contributed by atoms with van der Waals surface area (Å²) in [6.07, 6.45) is 1.07. The maximum atomic E-state index is 11.2.